The molecular formula is C55H39NO. The standard InChI is InChI=1S/C55H39NO/c1-55(2)49-25-12-11-21-44(49)48-35-42(30-31-50(48)55)56(40-20-13-19-39(33-40)36-15-5-3-6-16-36)41-29-27-38-28-32-52-54(47(38)34-41)46-23-10-9-22-45(46)53-43(24-14-26-51(53)57-52)37-17-7-4-8-18-37/h3-35H,1-2H3. The van der Waals surface area contributed by atoms with Gasteiger partial charge in [-0.1, -0.05) is 166 Å². The molecule has 9 aromatic carbocycles. The van der Waals surface area contributed by atoms with Gasteiger partial charge in [0.05, 0.1) is 0 Å². The summed E-state index contributed by atoms with van der Waals surface area (Å²) in [5.41, 5.74) is 17.8. The highest BCUT2D eigenvalue weighted by atomic mass is 16.5. The van der Waals surface area contributed by atoms with E-state index in [1.807, 2.05) is 0 Å². The van der Waals surface area contributed by atoms with Gasteiger partial charge in [0, 0.05) is 33.6 Å². The summed E-state index contributed by atoms with van der Waals surface area (Å²) in [5.74, 6) is 1.71. The van der Waals surface area contributed by atoms with Crippen molar-refractivity contribution in [1.29, 1.82) is 0 Å². The molecule has 2 heteroatoms. The maximum absolute atomic E-state index is 6.98. The van der Waals surface area contributed by atoms with E-state index >= 15 is 0 Å². The van der Waals surface area contributed by atoms with E-state index in [4.69, 9.17) is 4.74 Å². The van der Waals surface area contributed by atoms with Crippen LogP contribution >= 0.6 is 0 Å². The second-order valence-electron chi connectivity index (χ2n) is 15.7. The highest BCUT2D eigenvalue weighted by Gasteiger charge is 2.35. The predicted octanol–water partition coefficient (Wildman–Crippen LogP) is 15.4. The summed E-state index contributed by atoms with van der Waals surface area (Å²) in [7, 11) is 0. The van der Waals surface area contributed by atoms with Crippen molar-refractivity contribution in [2.24, 2.45) is 0 Å². The molecule has 1 heterocycles. The average molecular weight is 730 g/mol. The Hall–Kier alpha value is -7.16. The highest BCUT2D eigenvalue weighted by molar-refractivity contribution is 6.08. The third kappa shape index (κ3) is 5.33. The topological polar surface area (TPSA) is 12.5 Å². The Balaban J connectivity index is 1.14. The van der Waals surface area contributed by atoms with Crippen LogP contribution in [0.1, 0.15) is 25.0 Å². The fourth-order valence-corrected chi connectivity index (χ4v) is 9.33. The molecule has 11 rings (SSSR count). The van der Waals surface area contributed by atoms with Crippen molar-refractivity contribution in [2.45, 2.75) is 19.3 Å². The molecule has 0 radical (unpaired) electrons. The molecule has 0 aromatic heterocycles. The first-order valence-electron chi connectivity index (χ1n) is 19.8. The minimum absolute atomic E-state index is 0.0750. The fourth-order valence-electron chi connectivity index (χ4n) is 9.33. The molecule has 0 fully saturated rings. The van der Waals surface area contributed by atoms with Crippen molar-refractivity contribution in [1.82, 2.24) is 0 Å². The predicted molar refractivity (Wildman–Crippen MR) is 238 cm³/mol. The Morgan fingerprint density at radius 3 is 1.74 bits per heavy atom. The summed E-state index contributed by atoms with van der Waals surface area (Å²) in [6.07, 6.45) is 0. The fraction of sp³-hybridized carbons (Fsp3) is 0.0545. The maximum Gasteiger partial charge on any atom is 0.135 e. The molecule has 270 valence electrons. The van der Waals surface area contributed by atoms with Crippen molar-refractivity contribution in [3.05, 3.63) is 211 Å². The Kier molecular flexibility index (Phi) is 7.55. The number of hydrogen-bond donors (Lipinski definition) is 0. The van der Waals surface area contributed by atoms with E-state index in [0.717, 1.165) is 67.2 Å². The third-order valence-corrected chi connectivity index (χ3v) is 12.1. The summed E-state index contributed by atoms with van der Waals surface area (Å²) in [6, 6.07) is 72.5. The van der Waals surface area contributed by atoms with Crippen molar-refractivity contribution in [3.63, 3.8) is 0 Å². The molecule has 0 bridgehead atoms. The van der Waals surface area contributed by atoms with Gasteiger partial charge in [-0.25, -0.2) is 0 Å². The lowest BCUT2D eigenvalue weighted by molar-refractivity contribution is 0.488. The molecule has 1 aliphatic carbocycles. The number of ether oxygens (including phenoxy) is 1. The van der Waals surface area contributed by atoms with Crippen LogP contribution in [-0.2, 0) is 5.41 Å². The molecule has 9 aromatic rings. The normalized spacial score (nSPS) is 13.0. The van der Waals surface area contributed by atoms with Crippen molar-refractivity contribution >= 4 is 27.8 Å². The van der Waals surface area contributed by atoms with Crippen LogP contribution in [0.2, 0.25) is 0 Å². The van der Waals surface area contributed by atoms with Crippen LogP contribution in [0.5, 0.6) is 11.5 Å². The Labute approximate surface area is 333 Å². The van der Waals surface area contributed by atoms with Crippen LogP contribution in [0.15, 0.2) is 200 Å². The first-order chi connectivity index (χ1) is 28.0. The number of hydrogen-bond acceptors (Lipinski definition) is 2. The zero-order valence-electron chi connectivity index (χ0n) is 31.9. The molecule has 0 spiro atoms. The molecule has 0 amide bonds. The van der Waals surface area contributed by atoms with Gasteiger partial charge in [-0.2, -0.15) is 0 Å². The Morgan fingerprint density at radius 1 is 0.368 bits per heavy atom. The minimum atomic E-state index is -0.0750. The van der Waals surface area contributed by atoms with Crippen LogP contribution in [-0.4, -0.2) is 0 Å². The average Bonchev–Trinajstić information content (AvgIpc) is 3.38. The van der Waals surface area contributed by atoms with Gasteiger partial charge in [-0.05, 0) is 115 Å². The van der Waals surface area contributed by atoms with E-state index in [2.05, 4.69) is 219 Å². The summed E-state index contributed by atoms with van der Waals surface area (Å²) in [5, 5.41) is 2.30. The van der Waals surface area contributed by atoms with Gasteiger partial charge in [-0.15, -0.1) is 0 Å². The highest BCUT2D eigenvalue weighted by Crippen LogP contribution is 2.54. The van der Waals surface area contributed by atoms with Gasteiger partial charge in [0.15, 0.2) is 0 Å². The molecule has 0 saturated carbocycles. The Bertz CT molecular complexity index is 3020. The third-order valence-electron chi connectivity index (χ3n) is 12.1. The van der Waals surface area contributed by atoms with Crippen LogP contribution in [0, 0.1) is 0 Å². The molecule has 0 unspecified atom stereocenters. The molecule has 0 atom stereocenters. The molecular weight excluding hydrogens is 691 g/mol. The van der Waals surface area contributed by atoms with E-state index in [-0.39, 0.29) is 5.41 Å². The monoisotopic (exact) mass is 729 g/mol. The van der Waals surface area contributed by atoms with E-state index in [1.54, 1.807) is 0 Å². The number of benzene rings is 9. The number of anilines is 3. The molecule has 2 aliphatic rings. The molecule has 2 nitrogen and oxygen atoms in total. The van der Waals surface area contributed by atoms with Crippen molar-refractivity contribution in [2.75, 3.05) is 4.90 Å². The number of fused-ring (bicyclic) bond motifs is 10. The minimum Gasteiger partial charge on any atom is -0.456 e. The first kappa shape index (κ1) is 33.2. The van der Waals surface area contributed by atoms with Crippen LogP contribution < -0.4 is 9.64 Å². The number of rotatable bonds is 5. The second-order valence-corrected chi connectivity index (χ2v) is 15.7. The van der Waals surface area contributed by atoms with Gasteiger partial charge in [-0.3, -0.25) is 0 Å². The Morgan fingerprint density at radius 2 is 0.930 bits per heavy atom. The van der Waals surface area contributed by atoms with Gasteiger partial charge >= 0.3 is 0 Å². The van der Waals surface area contributed by atoms with Gasteiger partial charge < -0.3 is 9.64 Å². The summed E-state index contributed by atoms with van der Waals surface area (Å²) in [4.78, 5) is 2.42. The molecule has 1 aliphatic heterocycles. The summed E-state index contributed by atoms with van der Waals surface area (Å²) in [6.45, 7) is 4.68. The SMILES string of the molecule is CC1(C)c2ccccc2-c2cc(N(c3cccc(-c4ccccc4)c3)c3ccc4ccc5c(c4c3)-c3ccccc3-c3c(cccc3-c3ccccc3)O5)ccc21. The molecule has 0 saturated heterocycles. The number of nitrogens with zero attached hydrogens (tertiary/aromatic N) is 1. The molecule has 57 heavy (non-hydrogen) atoms. The van der Waals surface area contributed by atoms with Gasteiger partial charge in [0.1, 0.15) is 11.5 Å². The van der Waals surface area contributed by atoms with Gasteiger partial charge in [0.2, 0.25) is 0 Å². The van der Waals surface area contributed by atoms with Crippen molar-refractivity contribution < 1.29 is 4.74 Å². The van der Waals surface area contributed by atoms with Crippen LogP contribution in [0.4, 0.5) is 17.1 Å². The zero-order valence-corrected chi connectivity index (χ0v) is 31.9. The zero-order chi connectivity index (χ0) is 38.1. The summed E-state index contributed by atoms with van der Waals surface area (Å²) < 4.78 is 6.98. The lowest BCUT2D eigenvalue weighted by Crippen LogP contribution is -2.15. The smallest absolute Gasteiger partial charge is 0.135 e. The lowest BCUT2D eigenvalue weighted by atomic mass is 9.82. The van der Waals surface area contributed by atoms with E-state index < -0.39 is 0 Å². The summed E-state index contributed by atoms with van der Waals surface area (Å²) >= 11 is 0. The largest absolute Gasteiger partial charge is 0.456 e. The van der Waals surface area contributed by atoms with E-state index in [0.29, 0.717) is 0 Å². The first-order valence-corrected chi connectivity index (χ1v) is 19.8. The van der Waals surface area contributed by atoms with E-state index in [9.17, 15) is 0 Å². The second kappa shape index (κ2) is 13.0. The lowest BCUT2D eigenvalue weighted by Gasteiger charge is -2.28. The van der Waals surface area contributed by atoms with E-state index in [1.165, 1.54) is 38.9 Å². The van der Waals surface area contributed by atoms with Crippen LogP contribution in [0.3, 0.4) is 0 Å². The van der Waals surface area contributed by atoms with Crippen molar-refractivity contribution in [3.8, 4) is 67.1 Å². The quantitative estimate of drug-likeness (QED) is 0.175. The van der Waals surface area contributed by atoms with Gasteiger partial charge in [0.25, 0.3) is 0 Å². The molecule has 0 N–H and O–H groups in total. The maximum atomic E-state index is 6.98. The van der Waals surface area contributed by atoms with Crippen LogP contribution in [0.25, 0.3) is 66.4 Å².